The maximum Gasteiger partial charge on any atom is 0.123 e. The minimum atomic E-state index is -0.241. The van der Waals surface area contributed by atoms with Crippen molar-refractivity contribution in [2.24, 2.45) is 0 Å². The summed E-state index contributed by atoms with van der Waals surface area (Å²) in [5, 5.41) is 4.99. The van der Waals surface area contributed by atoms with Crippen molar-refractivity contribution < 1.29 is 9.13 Å². The van der Waals surface area contributed by atoms with Crippen LogP contribution >= 0.6 is 0 Å². The Labute approximate surface area is 181 Å². The Morgan fingerprint density at radius 3 is 2.58 bits per heavy atom. The lowest BCUT2D eigenvalue weighted by atomic mass is 9.99. The molecule has 1 aliphatic heterocycles. The molecule has 0 N–H and O–H groups in total. The van der Waals surface area contributed by atoms with Crippen LogP contribution < -0.4 is 0 Å². The van der Waals surface area contributed by atoms with E-state index in [0.29, 0.717) is 13.2 Å². The molecule has 0 saturated carbocycles. The van der Waals surface area contributed by atoms with E-state index in [-0.39, 0.29) is 11.9 Å². The fraction of sp³-hybridized carbons (Fsp3) is 0.231. The molecule has 31 heavy (non-hydrogen) atoms. The van der Waals surface area contributed by atoms with Gasteiger partial charge in [-0.1, -0.05) is 48.5 Å². The average Bonchev–Trinajstić information content (AvgIpc) is 3.35. The van der Waals surface area contributed by atoms with Gasteiger partial charge in [0.05, 0.1) is 24.9 Å². The molecule has 0 aliphatic carbocycles. The molecule has 4 nitrogen and oxygen atoms in total. The van der Waals surface area contributed by atoms with Crippen molar-refractivity contribution in [1.29, 1.82) is 0 Å². The Bertz CT molecular complexity index is 1190. The highest BCUT2D eigenvalue weighted by molar-refractivity contribution is 5.81. The summed E-state index contributed by atoms with van der Waals surface area (Å²) < 4.78 is 21.7. The smallest absolute Gasteiger partial charge is 0.123 e. The predicted molar refractivity (Wildman–Crippen MR) is 119 cm³/mol. The molecule has 1 aliphatic rings. The number of halogens is 1. The van der Waals surface area contributed by atoms with Gasteiger partial charge >= 0.3 is 0 Å². The van der Waals surface area contributed by atoms with Gasteiger partial charge in [-0.25, -0.2) is 4.39 Å². The highest BCUT2D eigenvalue weighted by atomic mass is 19.1. The lowest BCUT2D eigenvalue weighted by Crippen LogP contribution is -2.13. The molecule has 3 heterocycles. The van der Waals surface area contributed by atoms with Crippen LogP contribution in [0.25, 0.3) is 22.5 Å². The minimum Gasteiger partial charge on any atom is -0.375 e. The first-order valence-corrected chi connectivity index (χ1v) is 10.6. The first kappa shape index (κ1) is 19.6. The largest absolute Gasteiger partial charge is 0.375 e. The van der Waals surface area contributed by atoms with E-state index in [0.717, 1.165) is 46.6 Å². The van der Waals surface area contributed by atoms with E-state index in [1.165, 1.54) is 17.8 Å². The van der Waals surface area contributed by atoms with E-state index >= 15 is 0 Å². The van der Waals surface area contributed by atoms with E-state index in [2.05, 4.69) is 16.8 Å². The van der Waals surface area contributed by atoms with Crippen LogP contribution in [-0.2, 0) is 17.8 Å². The SMILES string of the molecule is Cc1cccc(-c2nn3c(c2-c2ccc(F)cc2)CC[C@@H]3COCc2ccccc2)n1. The molecular formula is C26H24FN3O. The lowest BCUT2D eigenvalue weighted by molar-refractivity contribution is 0.0889. The molecule has 0 radical (unpaired) electrons. The van der Waals surface area contributed by atoms with E-state index in [1.807, 2.05) is 55.5 Å². The quantitative estimate of drug-likeness (QED) is 0.403. The van der Waals surface area contributed by atoms with Crippen LogP contribution in [0.15, 0.2) is 72.8 Å². The highest BCUT2D eigenvalue weighted by Gasteiger charge is 2.30. The zero-order valence-corrected chi connectivity index (χ0v) is 17.5. The number of pyridine rings is 1. The number of aromatic nitrogens is 3. The topological polar surface area (TPSA) is 39.9 Å². The number of ether oxygens (including phenoxy) is 1. The standard InChI is InChI=1S/C26H24FN3O/c1-18-6-5-9-23(28-18)26-25(20-10-12-21(27)13-11-20)24-15-14-22(30(24)29-26)17-31-16-19-7-3-2-4-8-19/h2-13,22H,14-17H2,1H3/t22-/m1/s1. The molecule has 5 heteroatoms. The van der Waals surface area contributed by atoms with Crippen LogP contribution in [0.3, 0.4) is 0 Å². The summed E-state index contributed by atoms with van der Waals surface area (Å²) >= 11 is 0. The van der Waals surface area contributed by atoms with Crippen LogP contribution in [0.1, 0.15) is 29.4 Å². The lowest BCUT2D eigenvalue weighted by Gasteiger charge is -2.12. The number of rotatable bonds is 6. The Kier molecular flexibility index (Phi) is 5.35. The monoisotopic (exact) mass is 413 g/mol. The number of hydrogen-bond acceptors (Lipinski definition) is 3. The Morgan fingerprint density at radius 2 is 1.81 bits per heavy atom. The maximum absolute atomic E-state index is 13.6. The molecule has 0 amide bonds. The number of aryl methyl sites for hydroxylation is 1. The molecule has 4 aromatic rings. The van der Waals surface area contributed by atoms with Crippen molar-refractivity contribution in [2.45, 2.75) is 32.4 Å². The zero-order chi connectivity index (χ0) is 21.2. The van der Waals surface area contributed by atoms with Crippen molar-refractivity contribution in [3.63, 3.8) is 0 Å². The van der Waals surface area contributed by atoms with Gasteiger partial charge in [0.2, 0.25) is 0 Å². The van der Waals surface area contributed by atoms with Gasteiger partial charge in [-0.3, -0.25) is 9.67 Å². The van der Waals surface area contributed by atoms with Crippen molar-refractivity contribution >= 4 is 0 Å². The van der Waals surface area contributed by atoms with Crippen molar-refractivity contribution in [2.75, 3.05) is 6.61 Å². The number of hydrogen-bond donors (Lipinski definition) is 0. The summed E-state index contributed by atoms with van der Waals surface area (Å²) in [5.41, 5.74) is 6.97. The second-order valence-corrected chi connectivity index (χ2v) is 7.98. The molecule has 156 valence electrons. The van der Waals surface area contributed by atoms with Gasteiger partial charge in [-0.05, 0) is 55.2 Å². The highest BCUT2D eigenvalue weighted by Crippen LogP contribution is 2.40. The van der Waals surface area contributed by atoms with Gasteiger partial charge in [-0.2, -0.15) is 5.10 Å². The Hall–Kier alpha value is -3.31. The average molecular weight is 413 g/mol. The summed E-state index contributed by atoms with van der Waals surface area (Å²) in [4.78, 5) is 4.71. The van der Waals surface area contributed by atoms with Gasteiger partial charge < -0.3 is 4.74 Å². The second kappa shape index (κ2) is 8.44. The van der Waals surface area contributed by atoms with Gasteiger partial charge in [0.25, 0.3) is 0 Å². The molecular weight excluding hydrogens is 389 g/mol. The van der Waals surface area contributed by atoms with Gasteiger partial charge in [-0.15, -0.1) is 0 Å². The van der Waals surface area contributed by atoms with E-state index < -0.39 is 0 Å². The number of nitrogens with zero attached hydrogens (tertiary/aromatic N) is 3. The van der Waals surface area contributed by atoms with Crippen LogP contribution in [0.4, 0.5) is 4.39 Å². The fourth-order valence-electron chi connectivity index (χ4n) is 4.25. The summed E-state index contributed by atoms with van der Waals surface area (Å²) in [6.45, 7) is 3.17. The van der Waals surface area contributed by atoms with E-state index in [9.17, 15) is 4.39 Å². The van der Waals surface area contributed by atoms with Crippen molar-refractivity contribution in [1.82, 2.24) is 14.8 Å². The fourth-order valence-corrected chi connectivity index (χ4v) is 4.25. The van der Waals surface area contributed by atoms with Crippen LogP contribution in [0.2, 0.25) is 0 Å². The van der Waals surface area contributed by atoms with Crippen LogP contribution in [0, 0.1) is 12.7 Å². The summed E-state index contributed by atoms with van der Waals surface area (Å²) in [6.07, 6.45) is 1.89. The maximum atomic E-state index is 13.6. The minimum absolute atomic E-state index is 0.177. The first-order valence-electron chi connectivity index (χ1n) is 10.6. The third-order valence-electron chi connectivity index (χ3n) is 5.76. The molecule has 2 aromatic carbocycles. The van der Waals surface area contributed by atoms with Gasteiger partial charge in [0.1, 0.15) is 11.5 Å². The Morgan fingerprint density at radius 1 is 1.00 bits per heavy atom. The number of fused-ring (bicyclic) bond motifs is 1. The van der Waals surface area contributed by atoms with Crippen molar-refractivity contribution in [3.05, 3.63) is 95.6 Å². The molecule has 0 unspecified atom stereocenters. The second-order valence-electron chi connectivity index (χ2n) is 7.98. The van der Waals surface area contributed by atoms with E-state index in [4.69, 9.17) is 14.8 Å². The predicted octanol–water partition coefficient (Wildman–Crippen LogP) is 5.76. The van der Waals surface area contributed by atoms with E-state index in [1.54, 1.807) is 0 Å². The first-order chi connectivity index (χ1) is 15.2. The normalized spacial score (nSPS) is 15.2. The van der Waals surface area contributed by atoms with Crippen molar-refractivity contribution in [3.8, 4) is 22.5 Å². The molecule has 0 saturated heterocycles. The third-order valence-corrected chi connectivity index (χ3v) is 5.76. The van der Waals surface area contributed by atoms with Gasteiger partial charge in [0, 0.05) is 17.0 Å². The van der Waals surface area contributed by atoms with Crippen LogP contribution in [0.5, 0.6) is 0 Å². The molecule has 0 bridgehead atoms. The van der Waals surface area contributed by atoms with Gasteiger partial charge in [0.15, 0.2) is 0 Å². The molecule has 5 rings (SSSR count). The summed E-state index contributed by atoms with van der Waals surface area (Å²) in [5.74, 6) is -0.241. The molecule has 0 spiro atoms. The zero-order valence-electron chi connectivity index (χ0n) is 17.5. The third kappa shape index (κ3) is 4.01. The van der Waals surface area contributed by atoms with Crippen LogP contribution in [-0.4, -0.2) is 21.4 Å². The number of benzene rings is 2. The summed E-state index contributed by atoms with van der Waals surface area (Å²) in [7, 11) is 0. The molecule has 2 aromatic heterocycles. The molecule has 1 atom stereocenters. The Balaban J connectivity index is 1.48. The molecule has 0 fully saturated rings. The summed E-state index contributed by atoms with van der Waals surface area (Å²) in [6, 6.07) is 23.0.